The van der Waals surface area contributed by atoms with Crippen molar-refractivity contribution < 1.29 is 8.42 Å². The Kier molecular flexibility index (Phi) is 4.42. The summed E-state index contributed by atoms with van der Waals surface area (Å²) in [6.45, 7) is 4.71. The van der Waals surface area contributed by atoms with E-state index in [2.05, 4.69) is 22.1 Å². The third-order valence-electron chi connectivity index (χ3n) is 4.90. The first-order chi connectivity index (χ1) is 12.6. The molecule has 3 aromatic rings. The number of anilines is 1. The number of pyridine rings is 1. The fraction of sp³-hybridized carbons (Fsp3) is 0.316. The molecule has 4 rings (SSSR count). The predicted octanol–water partition coefficient (Wildman–Crippen LogP) is 2.46. The van der Waals surface area contributed by atoms with Crippen LogP contribution in [0.2, 0.25) is 0 Å². The van der Waals surface area contributed by atoms with E-state index >= 15 is 0 Å². The van der Waals surface area contributed by atoms with Crippen LogP contribution in [0.3, 0.4) is 0 Å². The Hall–Kier alpha value is -2.38. The fourth-order valence-corrected chi connectivity index (χ4v) is 4.84. The van der Waals surface area contributed by atoms with Crippen LogP contribution < -0.4 is 10.2 Å². The second kappa shape index (κ2) is 6.74. The van der Waals surface area contributed by atoms with Crippen LogP contribution in [0.25, 0.3) is 11.0 Å². The Bertz CT molecular complexity index is 1010. The maximum absolute atomic E-state index is 13.2. The summed E-state index contributed by atoms with van der Waals surface area (Å²) in [5, 5.41) is 3.49. The molecule has 1 aliphatic heterocycles. The summed E-state index contributed by atoms with van der Waals surface area (Å²) < 4.78 is 27.7. The van der Waals surface area contributed by atoms with Crippen molar-refractivity contribution >= 4 is 26.7 Å². The van der Waals surface area contributed by atoms with Crippen molar-refractivity contribution in [1.82, 2.24) is 14.3 Å². The van der Waals surface area contributed by atoms with Crippen LogP contribution in [0.15, 0.2) is 59.8 Å². The summed E-state index contributed by atoms with van der Waals surface area (Å²) in [5.74, 6) is 0. The highest BCUT2D eigenvalue weighted by molar-refractivity contribution is 7.90. The Morgan fingerprint density at radius 2 is 2.00 bits per heavy atom. The average molecular weight is 370 g/mol. The number of aromatic nitrogens is 2. The van der Waals surface area contributed by atoms with E-state index in [1.165, 1.54) is 3.97 Å². The van der Waals surface area contributed by atoms with E-state index in [4.69, 9.17) is 0 Å². The molecule has 0 aliphatic carbocycles. The van der Waals surface area contributed by atoms with Crippen LogP contribution in [0.1, 0.15) is 13.3 Å². The molecule has 0 bridgehead atoms. The zero-order valence-electron chi connectivity index (χ0n) is 14.7. The molecule has 1 N–H and O–H groups in total. The van der Waals surface area contributed by atoms with Gasteiger partial charge in [0.25, 0.3) is 10.0 Å². The topological polar surface area (TPSA) is 67.2 Å². The van der Waals surface area contributed by atoms with E-state index in [9.17, 15) is 8.42 Å². The smallest absolute Gasteiger partial charge is 0.268 e. The van der Waals surface area contributed by atoms with E-state index in [0.29, 0.717) is 11.6 Å². The molecule has 0 saturated carbocycles. The zero-order valence-corrected chi connectivity index (χ0v) is 15.5. The lowest BCUT2D eigenvalue weighted by Gasteiger charge is -2.34. The summed E-state index contributed by atoms with van der Waals surface area (Å²) in [4.78, 5) is 7.00. The maximum atomic E-state index is 13.2. The van der Waals surface area contributed by atoms with Crippen molar-refractivity contribution in [2.45, 2.75) is 24.3 Å². The third-order valence-corrected chi connectivity index (χ3v) is 6.58. The Morgan fingerprint density at radius 1 is 1.19 bits per heavy atom. The molecule has 7 heteroatoms. The molecule has 1 saturated heterocycles. The summed E-state index contributed by atoms with van der Waals surface area (Å²) in [5.41, 5.74) is 2.21. The number of benzene rings is 1. The van der Waals surface area contributed by atoms with Gasteiger partial charge in [-0.1, -0.05) is 25.1 Å². The molecule has 1 fully saturated rings. The summed E-state index contributed by atoms with van der Waals surface area (Å²) in [6, 6.07) is 12.5. The van der Waals surface area contributed by atoms with Crippen molar-refractivity contribution in [3.05, 3.63) is 54.9 Å². The van der Waals surface area contributed by atoms with Crippen molar-refractivity contribution in [1.29, 1.82) is 0 Å². The molecular weight excluding hydrogens is 348 g/mol. The first kappa shape index (κ1) is 17.1. The van der Waals surface area contributed by atoms with E-state index in [0.717, 1.165) is 37.3 Å². The van der Waals surface area contributed by atoms with E-state index in [-0.39, 0.29) is 4.90 Å². The highest BCUT2D eigenvalue weighted by Gasteiger charge is 2.26. The number of nitrogens with zero attached hydrogens (tertiary/aromatic N) is 3. The lowest BCUT2D eigenvalue weighted by Crippen LogP contribution is -2.50. The minimum absolute atomic E-state index is 0.277. The molecule has 1 atom stereocenters. The molecule has 0 spiro atoms. The highest BCUT2D eigenvalue weighted by atomic mass is 32.2. The van der Waals surface area contributed by atoms with Crippen molar-refractivity contribution in [2.24, 2.45) is 0 Å². The molecule has 2 aromatic heterocycles. The molecule has 0 unspecified atom stereocenters. The van der Waals surface area contributed by atoms with Gasteiger partial charge in [0.1, 0.15) is 5.52 Å². The Balaban J connectivity index is 1.85. The summed E-state index contributed by atoms with van der Waals surface area (Å²) in [6.07, 6.45) is 4.47. The van der Waals surface area contributed by atoms with Crippen LogP contribution in [0, 0.1) is 0 Å². The number of hydrogen-bond acceptors (Lipinski definition) is 5. The van der Waals surface area contributed by atoms with Crippen LogP contribution in [-0.4, -0.2) is 43.1 Å². The quantitative estimate of drug-likeness (QED) is 0.764. The first-order valence-electron chi connectivity index (χ1n) is 8.86. The van der Waals surface area contributed by atoms with E-state index < -0.39 is 10.0 Å². The highest BCUT2D eigenvalue weighted by Crippen LogP contribution is 2.31. The predicted molar refractivity (Wildman–Crippen MR) is 103 cm³/mol. The SMILES string of the molecule is CC[C@H]1CN(c2cn(S(=O)(=O)c3ccccc3)c3cccnc23)CCN1. The normalized spacial score (nSPS) is 18.3. The molecule has 3 heterocycles. The monoisotopic (exact) mass is 370 g/mol. The largest absolute Gasteiger partial charge is 0.366 e. The van der Waals surface area contributed by atoms with Gasteiger partial charge in [0.15, 0.2) is 0 Å². The van der Waals surface area contributed by atoms with Gasteiger partial charge in [-0.05, 0) is 30.7 Å². The number of piperazine rings is 1. The Labute approximate surface area is 153 Å². The van der Waals surface area contributed by atoms with Gasteiger partial charge in [0.05, 0.1) is 16.1 Å². The van der Waals surface area contributed by atoms with Crippen molar-refractivity contribution in [3.8, 4) is 0 Å². The maximum Gasteiger partial charge on any atom is 0.268 e. The molecule has 136 valence electrons. The third kappa shape index (κ3) is 2.87. The van der Waals surface area contributed by atoms with Gasteiger partial charge in [-0.3, -0.25) is 4.98 Å². The fourth-order valence-electron chi connectivity index (χ4n) is 3.47. The van der Waals surface area contributed by atoms with Gasteiger partial charge in [0, 0.05) is 38.1 Å². The first-order valence-corrected chi connectivity index (χ1v) is 10.3. The molecule has 0 amide bonds. The Morgan fingerprint density at radius 3 is 2.77 bits per heavy atom. The van der Waals surface area contributed by atoms with Crippen LogP contribution in [0.5, 0.6) is 0 Å². The molecule has 6 nitrogen and oxygen atoms in total. The van der Waals surface area contributed by atoms with Crippen LogP contribution in [0.4, 0.5) is 5.69 Å². The van der Waals surface area contributed by atoms with Gasteiger partial charge in [-0.15, -0.1) is 0 Å². The summed E-state index contributed by atoms with van der Waals surface area (Å²) in [7, 11) is -3.67. The second-order valence-electron chi connectivity index (χ2n) is 6.50. The van der Waals surface area contributed by atoms with Gasteiger partial charge in [-0.2, -0.15) is 0 Å². The van der Waals surface area contributed by atoms with Crippen molar-refractivity contribution in [3.63, 3.8) is 0 Å². The van der Waals surface area contributed by atoms with Crippen LogP contribution in [-0.2, 0) is 10.0 Å². The number of fused-ring (bicyclic) bond motifs is 1. The van der Waals surface area contributed by atoms with E-state index in [1.54, 1.807) is 42.7 Å². The number of rotatable bonds is 4. The minimum Gasteiger partial charge on any atom is -0.366 e. The zero-order chi connectivity index (χ0) is 18.1. The minimum atomic E-state index is -3.67. The standard InChI is InChI=1S/C19H22N4O2S/c1-2-15-13-22(12-11-20-15)18-14-23(17-9-6-10-21-19(17)18)26(24,25)16-7-4-3-5-8-16/h3-10,14-15,20H,2,11-13H2,1H3/t15-/m0/s1. The van der Waals surface area contributed by atoms with Gasteiger partial charge in [0.2, 0.25) is 0 Å². The second-order valence-corrected chi connectivity index (χ2v) is 8.32. The average Bonchev–Trinajstić information content (AvgIpc) is 3.09. The lowest BCUT2D eigenvalue weighted by molar-refractivity contribution is 0.447. The van der Waals surface area contributed by atoms with Gasteiger partial charge < -0.3 is 10.2 Å². The molecule has 1 aliphatic rings. The molecular formula is C19H22N4O2S. The van der Waals surface area contributed by atoms with Crippen molar-refractivity contribution in [2.75, 3.05) is 24.5 Å². The lowest BCUT2D eigenvalue weighted by atomic mass is 10.1. The van der Waals surface area contributed by atoms with Gasteiger partial charge in [-0.25, -0.2) is 12.4 Å². The molecule has 1 aromatic carbocycles. The number of nitrogens with one attached hydrogen (secondary N) is 1. The summed E-state index contributed by atoms with van der Waals surface area (Å²) >= 11 is 0. The van der Waals surface area contributed by atoms with Gasteiger partial charge >= 0.3 is 0 Å². The molecule has 0 radical (unpaired) electrons. The van der Waals surface area contributed by atoms with Crippen LogP contribution >= 0.6 is 0 Å². The number of hydrogen-bond donors (Lipinski definition) is 1. The molecule has 26 heavy (non-hydrogen) atoms. The van der Waals surface area contributed by atoms with E-state index in [1.807, 2.05) is 12.1 Å².